The van der Waals surface area contributed by atoms with Gasteiger partial charge >= 0.3 is 5.97 Å². The average molecular weight is 433 g/mol. The highest BCUT2D eigenvalue weighted by atomic mass is 16.4. The van der Waals surface area contributed by atoms with E-state index < -0.39 is 5.97 Å². The third-order valence-electron chi connectivity index (χ3n) is 6.24. The first-order chi connectivity index (χ1) is 15.4. The summed E-state index contributed by atoms with van der Waals surface area (Å²) < 4.78 is 1.62. The monoisotopic (exact) mass is 432 g/mol. The molecule has 0 saturated heterocycles. The van der Waals surface area contributed by atoms with Gasteiger partial charge in [0.1, 0.15) is 0 Å². The van der Waals surface area contributed by atoms with Gasteiger partial charge in [-0.2, -0.15) is 5.10 Å². The van der Waals surface area contributed by atoms with E-state index in [1.165, 1.54) is 5.56 Å². The van der Waals surface area contributed by atoms with Crippen LogP contribution in [0.15, 0.2) is 48.8 Å². The first-order valence-corrected chi connectivity index (χ1v) is 11.0. The molecule has 1 aliphatic carbocycles. The smallest absolute Gasteiger partial charge is 0.303 e. The minimum absolute atomic E-state index is 0.250. The molecule has 1 saturated carbocycles. The van der Waals surface area contributed by atoms with Gasteiger partial charge in [0.2, 0.25) is 0 Å². The first-order valence-electron chi connectivity index (χ1n) is 11.0. The summed E-state index contributed by atoms with van der Waals surface area (Å²) in [5.41, 5.74) is 5.02. The Labute approximate surface area is 187 Å². The summed E-state index contributed by atoms with van der Waals surface area (Å²) in [6.45, 7) is 1.86. The van der Waals surface area contributed by atoms with E-state index in [1.54, 1.807) is 17.9 Å². The molecule has 1 fully saturated rings. The molecule has 1 aliphatic rings. The van der Waals surface area contributed by atoms with Gasteiger partial charge in [-0.1, -0.05) is 24.3 Å². The molecule has 7 heteroatoms. The molecule has 7 nitrogen and oxygen atoms in total. The van der Waals surface area contributed by atoms with Gasteiger partial charge in [0.05, 0.1) is 17.6 Å². The number of aromatic nitrogens is 3. The maximum absolute atomic E-state index is 12.4. The number of anilines is 1. The van der Waals surface area contributed by atoms with Crippen LogP contribution >= 0.6 is 0 Å². The minimum Gasteiger partial charge on any atom is -0.481 e. The molecule has 166 valence electrons. The second-order valence-corrected chi connectivity index (χ2v) is 8.66. The lowest BCUT2D eigenvalue weighted by molar-refractivity contribution is -0.138. The van der Waals surface area contributed by atoms with Crippen LogP contribution in [0.2, 0.25) is 0 Å². The van der Waals surface area contributed by atoms with Crippen molar-refractivity contribution in [1.29, 1.82) is 0 Å². The zero-order valence-electron chi connectivity index (χ0n) is 18.4. The van der Waals surface area contributed by atoms with E-state index in [9.17, 15) is 9.59 Å². The van der Waals surface area contributed by atoms with Crippen molar-refractivity contribution >= 4 is 17.6 Å². The third kappa shape index (κ3) is 5.04. The minimum atomic E-state index is -0.692. The maximum Gasteiger partial charge on any atom is 0.303 e. The number of carbonyl (C=O) groups is 2. The summed E-state index contributed by atoms with van der Waals surface area (Å²) in [5, 5.41) is 16.0. The summed E-state index contributed by atoms with van der Waals surface area (Å²) in [5.74, 6) is -0.134. The van der Waals surface area contributed by atoms with Crippen molar-refractivity contribution in [2.24, 2.45) is 13.0 Å². The van der Waals surface area contributed by atoms with Crippen molar-refractivity contribution in [2.45, 2.75) is 44.9 Å². The van der Waals surface area contributed by atoms with Gasteiger partial charge in [0, 0.05) is 30.8 Å². The van der Waals surface area contributed by atoms with Crippen molar-refractivity contribution in [3.8, 4) is 11.3 Å². The molecule has 2 aromatic heterocycles. The fourth-order valence-corrected chi connectivity index (χ4v) is 4.53. The maximum atomic E-state index is 12.4. The second kappa shape index (κ2) is 9.34. The lowest BCUT2D eigenvalue weighted by Crippen LogP contribution is -2.16. The quantitative estimate of drug-likeness (QED) is 0.584. The second-order valence-electron chi connectivity index (χ2n) is 8.66. The predicted molar refractivity (Wildman–Crippen MR) is 123 cm³/mol. The molecule has 0 bridgehead atoms. The third-order valence-corrected chi connectivity index (χ3v) is 6.24. The summed E-state index contributed by atoms with van der Waals surface area (Å²) in [4.78, 5) is 27.8. The Balaban J connectivity index is 1.37. The van der Waals surface area contributed by atoms with Crippen LogP contribution in [0.3, 0.4) is 0 Å². The van der Waals surface area contributed by atoms with Gasteiger partial charge in [-0.15, -0.1) is 0 Å². The van der Waals surface area contributed by atoms with Gasteiger partial charge in [-0.3, -0.25) is 19.3 Å². The van der Waals surface area contributed by atoms with Crippen LogP contribution in [0, 0.1) is 12.8 Å². The van der Waals surface area contributed by atoms with Crippen LogP contribution < -0.4 is 5.32 Å². The largest absolute Gasteiger partial charge is 0.481 e. The first kappa shape index (κ1) is 21.7. The van der Waals surface area contributed by atoms with Gasteiger partial charge in [0.25, 0.3) is 5.91 Å². The molecule has 0 spiro atoms. The molecule has 1 aromatic carbocycles. The average Bonchev–Trinajstić information content (AvgIpc) is 3.13. The number of hydrogen-bond acceptors (Lipinski definition) is 4. The molecule has 0 atom stereocenters. The number of benzene rings is 1. The Morgan fingerprint density at radius 3 is 2.38 bits per heavy atom. The van der Waals surface area contributed by atoms with Crippen molar-refractivity contribution in [1.82, 2.24) is 14.8 Å². The molecule has 1 amide bonds. The van der Waals surface area contributed by atoms with Crippen molar-refractivity contribution in [2.75, 3.05) is 5.32 Å². The topological polar surface area (TPSA) is 97.1 Å². The normalized spacial score (nSPS) is 18.3. The van der Waals surface area contributed by atoms with Crippen LogP contribution in [0.25, 0.3) is 11.3 Å². The number of carboxylic acid groups (broad SMARTS) is 1. The van der Waals surface area contributed by atoms with E-state index in [4.69, 9.17) is 5.11 Å². The number of amides is 1. The molecule has 2 heterocycles. The van der Waals surface area contributed by atoms with E-state index >= 15 is 0 Å². The van der Waals surface area contributed by atoms with E-state index in [-0.39, 0.29) is 12.3 Å². The molecule has 32 heavy (non-hydrogen) atoms. The number of pyridine rings is 1. The Morgan fingerprint density at radius 2 is 1.81 bits per heavy atom. The SMILES string of the molecule is Cc1cn(C)nc1C(=O)Nc1ccc(-c2ccc(C3CCC(CC(=O)O)CC3)cc2)nc1. The summed E-state index contributed by atoms with van der Waals surface area (Å²) in [6.07, 6.45) is 7.79. The van der Waals surface area contributed by atoms with E-state index in [2.05, 4.69) is 39.7 Å². The van der Waals surface area contributed by atoms with Gasteiger partial charge in [-0.25, -0.2) is 0 Å². The van der Waals surface area contributed by atoms with E-state index in [1.807, 2.05) is 25.3 Å². The van der Waals surface area contributed by atoms with Crippen LogP contribution in [0.5, 0.6) is 0 Å². The van der Waals surface area contributed by atoms with Crippen molar-refractivity contribution < 1.29 is 14.7 Å². The number of aryl methyl sites for hydroxylation is 2. The Bertz CT molecular complexity index is 1100. The molecule has 0 aliphatic heterocycles. The molecule has 2 N–H and O–H groups in total. The zero-order chi connectivity index (χ0) is 22.7. The van der Waals surface area contributed by atoms with E-state index in [0.29, 0.717) is 23.2 Å². The number of carbonyl (C=O) groups excluding carboxylic acids is 1. The Hall–Kier alpha value is -3.48. The number of nitrogens with zero attached hydrogens (tertiary/aromatic N) is 3. The number of hydrogen-bond donors (Lipinski definition) is 2. The predicted octanol–water partition coefficient (Wildman–Crippen LogP) is 4.79. The number of aliphatic carboxylic acids is 1. The summed E-state index contributed by atoms with van der Waals surface area (Å²) in [7, 11) is 1.79. The summed E-state index contributed by atoms with van der Waals surface area (Å²) >= 11 is 0. The lowest BCUT2D eigenvalue weighted by Gasteiger charge is -2.28. The van der Waals surface area contributed by atoms with Crippen LogP contribution in [0.4, 0.5) is 5.69 Å². The number of nitrogens with one attached hydrogen (secondary N) is 1. The van der Waals surface area contributed by atoms with Gasteiger partial charge in [0.15, 0.2) is 5.69 Å². The highest BCUT2D eigenvalue weighted by Gasteiger charge is 2.24. The van der Waals surface area contributed by atoms with Crippen LogP contribution in [-0.2, 0) is 11.8 Å². The van der Waals surface area contributed by atoms with Gasteiger partial charge < -0.3 is 10.4 Å². The summed E-state index contributed by atoms with van der Waals surface area (Å²) in [6, 6.07) is 12.2. The Morgan fingerprint density at radius 1 is 1.09 bits per heavy atom. The van der Waals surface area contributed by atoms with Crippen LogP contribution in [-0.4, -0.2) is 31.7 Å². The molecular weight excluding hydrogens is 404 g/mol. The highest BCUT2D eigenvalue weighted by molar-refractivity contribution is 6.03. The van der Waals surface area contributed by atoms with Crippen molar-refractivity contribution in [3.63, 3.8) is 0 Å². The highest BCUT2D eigenvalue weighted by Crippen LogP contribution is 2.37. The van der Waals surface area contributed by atoms with Gasteiger partial charge in [-0.05, 0) is 62.1 Å². The number of rotatable bonds is 6. The fourth-order valence-electron chi connectivity index (χ4n) is 4.53. The number of carboxylic acids is 1. The lowest BCUT2D eigenvalue weighted by atomic mass is 9.77. The molecule has 0 radical (unpaired) electrons. The fraction of sp³-hybridized carbons (Fsp3) is 0.360. The molecule has 4 rings (SSSR count). The standard InChI is InChI=1S/C25H28N4O3/c1-16-15-29(2)28-24(16)25(32)27-21-11-12-22(26-14-21)20-9-7-19(8-10-20)18-5-3-17(4-6-18)13-23(30)31/h7-12,14-15,17-18H,3-6,13H2,1-2H3,(H,27,32)(H,30,31). The molecule has 3 aromatic rings. The Kier molecular flexibility index (Phi) is 6.35. The van der Waals surface area contributed by atoms with Crippen molar-refractivity contribution in [3.05, 3.63) is 65.6 Å². The molecular formula is C25H28N4O3. The van der Waals surface area contributed by atoms with Crippen LogP contribution in [0.1, 0.15) is 59.6 Å². The zero-order valence-corrected chi connectivity index (χ0v) is 18.4. The molecule has 0 unspecified atom stereocenters. The van der Waals surface area contributed by atoms with E-state index in [0.717, 1.165) is 42.5 Å².